The molecule has 0 saturated heterocycles. The topological polar surface area (TPSA) is 0 Å². The average molecular weight is 140 g/mol. The van der Waals surface area contributed by atoms with Gasteiger partial charge in [-0.3, -0.25) is 0 Å². The van der Waals surface area contributed by atoms with Gasteiger partial charge in [-0.1, -0.05) is 46.5 Å². The number of hydrogen-bond acceptors (Lipinski definition) is 0. The molecule has 0 spiro atoms. The molecule has 53 valence electrons. The fourth-order valence-electron chi connectivity index (χ4n) is 0.729. The van der Waals surface area contributed by atoms with E-state index in [-0.39, 0.29) is 23.1 Å². The lowest BCUT2D eigenvalue weighted by atomic mass is 10.1. The highest BCUT2D eigenvalue weighted by molar-refractivity contribution is 5.75. The number of hydrogen-bond donors (Lipinski definition) is 0. The lowest BCUT2D eigenvalue weighted by molar-refractivity contribution is 0.540. The van der Waals surface area contributed by atoms with E-state index in [9.17, 15) is 0 Å². The zero-order valence-electron chi connectivity index (χ0n) is 6.11. The fourth-order valence-corrected chi connectivity index (χ4v) is 0.729. The van der Waals surface area contributed by atoms with Gasteiger partial charge in [-0.25, -0.2) is 0 Å². The lowest BCUT2D eigenvalue weighted by Gasteiger charge is -2.00. The Hall–Kier alpha value is 0.766. The molecule has 0 aliphatic rings. The van der Waals surface area contributed by atoms with Crippen LogP contribution in [0, 0.1) is 12.8 Å². The van der Waals surface area contributed by atoms with Gasteiger partial charge >= 0.3 is 23.1 Å². The summed E-state index contributed by atoms with van der Waals surface area (Å²) in [6, 6.07) is 0. The lowest BCUT2D eigenvalue weighted by Crippen LogP contribution is -1.85. The van der Waals surface area contributed by atoms with Crippen molar-refractivity contribution in [1.29, 1.82) is 0 Å². The summed E-state index contributed by atoms with van der Waals surface area (Å²) in [5.41, 5.74) is 0. The van der Waals surface area contributed by atoms with Gasteiger partial charge in [0, 0.05) is 0 Å². The van der Waals surface area contributed by atoms with Gasteiger partial charge in [-0.2, -0.15) is 0 Å². The molecule has 0 bridgehead atoms. The van der Waals surface area contributed by atoms with Crippen LogP contribution in [0.3, 0.4) is 0 Å². The molecule has 0 N–H and O–H groups in total. The Morgan fingerprint density at radius 2 is 1.78 bits per heavy atom. The molecule has 0 aromatic rings. The first-order valence-corrected chi connectivity index (χ1v) is 3.56. The van der Waals surface area contributed by atoms with Gasteiger partial charge in [0.15, 0.2) is 0 Å². The SMILES string of the molecule is [CH2]CCCCC(C)C.[MgH2]. The Balaban J connectivity index is 0. The molecule has 0 aromatic heterocycles. The largest absolute Gasteiger partial charge is 0.316 e. The standard InChI is InChI=1S/C8H17.Mg.2H/c1-4-5-6-7-8(2)3;;;/h8H,1,4-7H2,2-3H3;;;. The zero-order chi connectivity index (χ0) is 6.41. The molecule has 0 heterocycles. The molecular weight excluding hydrogens is 120 g/mol. The van der Waals surface area contributed by atoms with Crippen LogP contribution in [0.4, 0.5) is 0 Å². The van der Waals surface area contributed by atoms with Crippen molar-refractivity contribution in [2.75, 3.05) is 0 Å². The molecule has 0 unspecified atom stereocenters. The average Bonchev–Trinajstić information content (AvgIpc) is 1.66. The third-order valence-electron chi connectivity index (χ3n) is 1.28. The van der Waals surface area contributed by atoms with Crippen molar-refractivity contribution in [3.8, 4) is 0 Å². The number of unbranched alkanes of at least 4 members (excludes halogenated alkanes) is 2. The molecule has 1 heteroatoms. The van der Waals surface area contributed by atoms with Crippen LogP contribution in [0.15, 0.2) is 0 Å². The first kappa shape index (κ1) is 12.4. The van der Waals surface area contributed by atoms with E-state index in [0.29, 0.717) is 0 Å². The second-order valence-electron chi connectivity index (χ2n) is 2.74. The molecule has 0 saturated carbocycles. The first-order valence-electron chi connectivity index (χ1n) is 3.56. The van der Waals surface area contributed by atoms with Crippen LogP contribution < -0.4 is 0 Å². The first-order chi connectivity index (χ1) is 3.77. The molecule has 0 fully saturated rings. The van der Waals surface area contributed by atoms with Gasteiger partial charge < -0.3 is 0 Å². The highest BCUT2D eigenvalue weighted by Crippen LogP contribution is 2.06. The van der Waals surface area contributed by atoms with Crippen molar-refractivity contribution in [2.45, 2.75) is 39.5 Å². The van der Waals surface area contributed by atoms with E-state index in [1.165, 1.54) is 19.3 Å². The van der Waals surface area contributed by atoms with Crippen molar-refractivity contribution in [3.63, 3.8) is 0 Å². The summed E-state index contributed by atoms with van der Waals surface area (Å²) >= 11 is 0. The molecule has 0 aromatic carbocycles. The fraction of sp³-hybridized carbons (Fsp3) is 0.875. The second-order valence-corrected chi connectivity index (χ2v) is 2.74. The van der Waals surface area contributed by atoms with E-state index in [2.05, 4.69) is 20.8 Å². The van der Waals surface area contributed by atoms with E-state index in [0.717, 1.165) is 12.3 Å². The highest BCUT2D eigenvalue weighted by atomic mass is 24.3. The molecule has 1 radical (unpaired) electrons. The summed E-state index contributed by atoms with van der Waals surface area (Å²) in [5, 5.41) is 0. The minimum Gasteiger partial charge on any atom is -0.0628 e. The normalized spacial score (nSPS) is 9.33. The Labute approximate surface area is 75.6 Å². The van der Waals surface area contributed by atoms with Crippen LogP contribution in [-0.2, 0) is 0 Å². The van der Waals surface area contributed by atoms with E-state index < -0.39 is 0 Å². The van der Waals surface area contributed by atoms with Crippen LogP contribution in [0.1, 0.15) is 39.5 Å². The minimum absolute atomic E-state index is 0. The van der Waals surface area contributed by atoms with Crippen molar-refractivity contribution in [3.05, 3.63) is 6.92 Å². The summed E-state index contributed by atoms with van der Waals surface area (Å²) in [6.45, 7) is 8.32. The second kappa shape index (κ2) is 8.77. The molecule has 0 atom stereocenters. The van der Waals surface area contributed by atoms with E-state index >= 15 is 0 Å². The molecule has 0 amide bonds. The van der Waals surface area contributed by atoms with Gasteiger partial charge in [0.2, 0.25) is 0 Å². The predicted molar refractivity (Wildman–Crippen MR) is 47.2 cm³/mol. The van der Waals surface area contributed by atoms with Crippen LogP contribution in [-0.4, -0.2) is 23.1 Å². The molecule has 0 aliphatic heterocycles. The summed E-state index contributed by atoms with van der Waals surface area (Å²) < 4.78 is 0. The Bertz CT molecular complexity index is 41.8. The van der Waals surface area contributed by atoms with Crippen LogP contribution in [0.2, 0.25) is 0 Å². The monoisotopic (exact) mass is 139 g/mol. The third-order valence-corrected chi connectivity index (χ3v) is 1.28. The summed E-state index contributed by atoms with van der Waals surface area (Å²) in [5.74, 6) is 0.876. The van der Waals surface area contributed by atoms with Crippen LogP contribution in [0.5, 0.6) is 0 Å². The van der Waals surface area contributed by atoms with Gasteiger partial charge in [0.05, 0.1) is 0 Å². The van der Waals surface area contributed by atoms with E-state index in [1.54, 1.807) is 0 Å². The van der Waals surface area contributed by atoms with Crippen molar-refractivity contribution >= 4 is 23.1 Å². The Morgan fingerprint density at radius 3 is 2.11 bits per heavy atom. The summed E-state index contributed by atoms with van der Waals surface area (Å²) in [7, 11) is 0. The maximum Gasteiger partial charge on any atom is 0.316 e. The molecule has 0 rings (SSSR count). The molecular formula is C8H19Mg. The molecule has 0 aliphatic carbocycles. The predicted octanol–water partition coefficient (Wildman–Crippen LogP) is 2.12. The number of rotatable bonds is 4. The highest BCUT2D eigenvalue weighted by Gasteiger charge is 1.90. The maximum atomic E-state index is 3.78. The van der Waals surface area contributed by atoms with E-state index in [4.69, 9.17) is 0 Å². The Morgan fingerprint density at radius 1 is 1.22 bits per heavy atom. The van der Waals surface area contributed by atoms with Gasteiger partial charge in [-0.05, 0) is 5.92 Å². The van der Waals surface area contributed by atoms with Crippen LogP contribution in [0.25, 0.3) is 0 Å². The van der Waals surface area contributed by atoms with Gasteiger partial charge in [0.1, 0.15) is 0 Å². The van der Waals surface area contributed by atoms with Crippen molar-refractivity contribution < 1.29 is 0 Å². The van der Waals surface area contributed by atoms with E-state index in [1.807, 2.05) is 0 Å². The summed E-state index contributed by atoms with van der Waals surface area (Å²) in [4.78, 5) is 0. The van der Waals surface area contributed by atoms with Crippen molar-refractivity contribution in [1.82, 2.24) is 0 Å². The molecule has 9 heavy (non-hydrogen) atoms. The minimum atomic E-state index is 0. The quantitative estimate of drug-likeness (QED) is 0.414. The van der Waals surface area contributed by atoms with Crippen LogP contribution >= 0.6 is 0 Å². The molecule has 0 nitrogen and oxygen atoms in total. The zero-order valence-corrected chi connectivity index (χ0v) is 6.11. The third kappa shape index (κ3) is 12.1. The Kier molecular flexibility index (Phi) is 12.1. The summed E-state index contributed by atoms with van der Waals surface area (Å²) in [6.07, 6.45) is 5.14. The van der Waals surface area contributed by atoms with Crippen molar-refractivity contribution in [2.24, 2.45) is 5.92 Å². The maximum absolute atomic E-state index is 3.78. The van der Waals surface area contributed by atoms with Gasteiger partial charge in [0.25, 0.3) is 0 Å². The van der Waals surface area contributed by atoms with Gasteiger partial charge in [-0.15, -0.1) is 0 Å². The smallest absolute Gasteiger partial charge is 0.0628 e.